The fourth-order valence-electron chi connectivity index (χ4n) is 3.25. The summed E-state index contributed by atoms with van der Waals surface area (Å²) >= 11 is 0. The van der Waals surface area contributed by atoms with Gasteiger partial charge in [0, 0.05) is 18.2 Å². The Balaban J connectivity index is 2.17. The van der Waals surface area contributed by atoms with Crippen LogP contribution in [-0.2, 0) is 10.0 Å². The first-order valence-corrected chi connectivity index (χ1v) is 10.6. The molecule has 1 aliphatic rings. The molecule has 6 heteroatoms. The summed E-state index contributed by atoms with van der Waals surface area (Å²) in [6, 6.07) is 16.7. The highest BCUT2D eigenvalue weighted by atomic mass is 32.2. The summed E-state index contributed by atoms with van der Waals surface area (Å²) in [5.74, 6) is 1.26. The zero-order valence-corrected chi connectivity index (χ0v) is 16.2. The van der Waals surface area contributed by atoms with Crippen molar-refractivity contribution in [1.82, 2.24) is 3.89 Å². The van der Waals surface area contributed by atoms with Crippen molar-refractivity contribution in [2.75, 3.05) is 18.8 Å². The molecule has 0 bridgehead atoms. The molecule has 0 amide bonds. The monoisotopic (exact) mass is 385 g/mol. The van der Waals surface area contributed by atoms with E-state index in [1.54, 1.807) is 12.3 Å². The van der Waals surface area contributed by atoms with Gasteiger partial charge in [-0.05, 0) is 30.7 Å². The van der Waals surface area contributed by atoms with Crippen molar-refractivity contribution in [3.63, 3.8) is 0 Å². The quantitative estimate of drug-likeness (QED) is 0.733. The molecule has 0 saturated carbocycles. The molecular weight excluding hydrogens is 360 g/mol. The van der Waals surface area contributed by atoms with Gasteiger partial charge < -0.3 is 10.5 Å². The third kappa shape index (κ3) is 3.83. The summed E-state index contributed by atoms with van der Waals surface area (Å²) in [6.45, 7) is 2.45. The summed E-state index contributed by atoms with van der Waals surface area (Å²) in [7, 11) is -3.53. The Morgan fingerprint density at radius 1 is 1.07 bits per heavy atom. The lowest BCUT2D eigenvalue weighted by molar-refractivity contribution is 0.456. The highest BCUT2D eigenvalue weighted by Gasteiger charge is 2.45. The normalized spacial score (nSPS) is 19.6. The number of ether oxygens (including phenoxy) is 1. The van der Waals surface area contributed by atoms with Gasteiger partial charge >= 0.3 is 10.0 Å². The van der Waals surface area contributed by atoms with E-state index in [4.69, 9.17) is 10.5 Å². The van der Waals surface area contributed by atoms with Gasteiger partial charge in [0.15, 0.2) is 11.4 Å². The van der Waals surface area contributed by atoms with Crippen LogP contribution >= 0.6 is 0 Å². The van der Waals surface area contributed by atoms with E-state index in [0.717, 1.165) is 5.57 Å². The van der Waals surface area contributed by atoms with Crippen LogP contribution in [0.5, 0.6) is 11.5 Å². The molecule has 2 aromatic rings. The van der Waals surface area contributed by atoms with Crippen LogP contribution in [0.4, 0.5) is 5.69 Å². The molecule has 1 atom stereocenters. The van der Waals surface area contributed by atoms with Gasteiger partial charge in [-0.1, -0.05) is 43.3 Å². The minimum absolute atomic E-state index is 0.0782. The van der Waals surface area contributed by atoms with Crippen LogP contribution in [0.1, 0.15) is 13.3 Å². The molecule has 2 N–H and O–H groups in total. The Morgan fingerprint density at radius 3 is 2.48 bits per heavy atom. The highest BCUT2D eigenvalue weighted by Crippen LogP contribution is 2.41. The maximum atomic E-state index is 13.4. The number of rotatable bonds is 7. The molecule has 0 aromatic heterocycles. The van der Waals surface area contributed by atoms with Crippen LogP contribution in [0.15, 0.2) is 78.5 Å². The second kappa shape index (κ2) is 8.08. The van der Waals surface area contributed by atoms with E-state index >= 15 is 0 Å². The van der Waals surface area contributed by atoms with Crippen molar-refractivity contribution in [2.24, 2.45) is 5.73 Å². The van der Waals surface area contributed by atoms with Crippen molar-refractivity contribution in [3.8, 4) is 11.5 Å². The minimum atomic E-state index is -3.53. The molecular formula is C21H25N2O3S+. The summed E-state index contributed by atoms with van der Waals surface area (Å²) in [6.07, 6.45) is 6.05. The molecule has 2 aromatic carbocycles. The van der Waals surface area contributed by atoms with E-state index in [-0.39, 0.29) is 16.2 Å². The summed E-state index contributed by atoms with van der Waals surface area (Å²) in [5, 5.41) is 0. The number of sulfonamides is 1. The van der Waals surface area contributed by atoms with Crippen LogP contribution in [-0.4, -0.2) is 27.3 Å². The van der Waals surface area contributed by atoms with E-state index in [9.17, 15) is 8.42 Å². The van der Waals surface area contributed by atoms with Crippen LogP contribution in [0.3, 0.4) is 0 Å². The van der Waals surface area contributed by atoms with E-state index in [1.807, 2.05) is 67.6 Å². The van der Waals surface area contributed by atoms with Crippen LogP contribution < -0.4 is 14.4 Å². The van der Waals surface area contributed by atoms with Gasteiger partial charge in [0.2, 0.25) is 0 Å². The third-order valence-corrected chi connectivity index (χ3v) is 6.89. The Bertz CT molecular complexity index is 952. The first-order chi connectivity index (χ1) is 13.0. The fraction of sp³-hybridized carbons (Fsp3) is 0.238. The number of hydrogen-bond acceptors (Lipinski definition) is 4. The van der Waals surface area contributed by atoms with Crippen LogP contribution in [0.25, 0.3) is 0 Å². The molecule has 0 aliphatic carbocycles. The molecule has 1 aliphatic heterocycles. The molecule has 27 heavy (non-hydrogen) atoms. The third-order valence-electron chi connectivity index (χ3n) is 4.52. The first kappa shape index (κ1) is 19.4. The van der Waals surface area contributed by atoms with Gasteiger partial charge in [0.05, 0.1) is 0 Å². The van der Waals surface area contributed by atoms with Crippen molar-refractivity contribution in [2.45, 2.75) is 13.3 Å². The molecule has 1 unspecified atom stereocenters. The van der Waals surface area contributed by atoms with Crippen molar-refractivity contribution in [1.29, 1.82) is 0 Å². The molecule has 142 valence electrons. The standard InChI is InChI=1S/C21H25N2O3S/c1-2-15-27(24,25)23(14-8-9-18(16-22)17-23)20-12-6-7-13-21(20)26-19-10-4-3-5-11-19/h3-13,17H,2,14-16,22H2,1H3/q+1. The van der Waals surface area contributed by atoms with Gasteiger partial charge in [-0.25, -0.2) is 0 Å². The van der Waals surface area contributed by atoms with E-state index in [1.165, 1.54) is 0 Å². The molecule has 3 rings (SSSR count). The van der Waals surface area contributed by atoms with Gasteiger partial charge in [-0.2, -0.15) is 12.3 Å². The second-order valence-corrected chi connectivity index (χ2v) is 8.68. The first-order valence-electron chi connectivity index (χ1n) is 9.04. The lowest BCUT2D eigenvalue weighted by Crippen LogP contribution is -2.52. The van der Waals surface area contributed by atoms with E-state index < -0.39 is 10.0 Å². The average Bonchev–Trinajstić information content (AvgIpc) is 2.69. The molecule has 5 nitrogen and oxygen atoms in total. The minimum Gasteiger partial charge on any atom is -0.451 e. The Kier molecular flexibility index (Phi) is 5.79. The number of nitrogens with two attached hydrogens (primary N) is 1. The SMILES string of the molecule is CCCS(=O)(=O)[N+]1(c2ccccc2Oc2ccccc2)C=C(CN)C=CC1. The number of nitrogens with zero attached hydrogens (tertiary/aromatic N) is 1. The van der Waals surface area contributed by atoms with Crippen molar-refractivity contribution >= 4 is 15.7 Å². The number of hydrogen-bond donors (Lipinski definition) is 1. The average molecular weight is 386 g/mol. The van der Waals surface area contributed by atoms with Gasteiger partial charge in [0.1, 0.15) is 24.2 Å². The summed E-state index contributed by atoms with van der Waals surface area (Å²) in [5.41, 5.74) is 7.20. The van der Waals surface area contributed by atoms with E-state index in [0.29, 0.717) is 30.2 Å². The van der Waals surface area contributed by atoms with Gasteiger partial charge in [0.25, 0.3) is 0 Å². The molecule has 0 spiro atoms. The zero-order chi connectivity index (χ0) is 19.3. The van der Waals surface area contributed by atoms with Crippen molar-refractivity contribution < 1.29 is 13.2 Å². The molecule has 0 fully saturated rings. The fourth-order valence-corrected chi connectivity index (χ4v) is 5.15. The number of para-hydroxylation sites is 3. The smallest absolute Gasteiger partial charge is 0.306 e. The second-order valence-electron chi connectivity index (χ2n) is 6.46. The highest BCUT2D eigenvalue weighted by molar-refractivity contribution is 7.91. The number of benzene rings is 2. The molecule has 0 saturated heterocycles. The Morgan fingerprint density at radius 2 is 1.78 bits per heavy atom. The van der Waals surface area contributed by atoms with Crippen LogP contribution in [0.2, 0.25) is 0 Å². The lowest BCUT2D eigenvalue weighted by Gasteiger charge is -2.35. The largest absolute Gasteiger partial charge is 0.451 e. The summed E-state index contributed by atoms with van der Waals surface area (Å²) in [4.78, 5) is 0. The maximum Gasteiger partial charge on any atom is 0.306 e. The maximum absolute atomic E-state index is 13.4. The van der Waals surface area contributed by atoms with Gasteiger partial charge in [-0.15, -0.1) is 0 Å². The molecule has 0 radical (unpaired) electrons. The predicted molar refractivity (Wildman–Crippen MR) is 110 cm³/mol. The Labute approximate surface area is 161 Å². The Hall–Kier alpha value is -2.41. The van der Waals surface area contributed by atoms with Gasteiger partial charge in [-0.3, -0.25) is 0 Å². The predicted octanol–water partition coefficient (Wildman–Crippen LogP) is 3.94. The summed E-state index contributed by atoms with van der Waals surface area (Å²) < 4.78 is 32.5. The van der Waals surface area contributed by atoms with Crippen LogP contribution in [0, 0.1) is 0 Å². The topological polar surface area (TPSA) is 69.4 Å². The molecule has 1 heterocycles. The zero-order valence-electron chi connectivity index (χ0n) is 15.4. The lowest BCUT2D eigenvalue weighted by atomic mass is 10.1. The van der Waals surface area contributed by atoms with E-state index in [2.05, 4.69) is 0 Å². The number of quaternary nitrogens is 1. The van der Waals surface area contributed by atoms with Crippen molar-refractivity contribution in [3.05, 3.63) is 78.5 Å².